The maximum Gasteiger partial charge on any atom is 0.266 e. The molecule has 6 heteroatoms. The van der Waals surface area contributed by atoms with E-state index in [9.17, 15) is 10.1 Å². The number of ether oxygens (including phenoxy) is 1. The second-order valence-electron chi connectivity index (χ2n) is 5.00. The summed E-state index contributed by atoms with van der Waals surface area (Å²) in [5, 5.41) is 12.4. The molecule has 24 heavy (non-hydrogen) atoms. The van der Waals surface area contributed by atoms with Crippen LogP contribution in [-0.4, -0.2) is 13.0 Å². The highest BCUT2D eigenvalue weighted by Crippen LogP contribution is 2.33. The highest BCUT2D eigenvalue weighted by Gasteiger charge is 2.13. The van der Waals surface area contributed by atoms with E-state index >= 15 is 0 Å². The minimum Gasteiger partial charge on any atom is -0.495 e. The van der Waals surface area contributed by atoms with Crippen molar-refractivity contribution in [3.8, 4) is 11.8 Å². The largest absolute Gasteiger partial charge is 0.495 e. The van der Waals surface area contributed by atoms with Gasteiger partial charge in [0.05, 0.1) is 12.1 Å². The van der Waals surface area contributed by atoms with Crippen LogP contribution in [0, 0.1) is 18.3 Å². The predicted octanol–water partition coefficient (Wildman–Crippen LogP) is 4.97. The van der Waals surface area contributed by atoms with Gasteiger partial charge in [-0.05, 0) is 37.3 Å². The van der Waals surface area contributed by atoms with Gasteiger partial charge in [-0.2, -0.15) is 5.26 Å². The molecule has 1 amide bonds. The third-order valence-corrected chi connectivity index (χ3v) is 3.95. The lowest BCUT2D eigenvalue weighted by atomic mass is 10.1. The van der Waals surface area contributed by atoms with E-state index in [0.29, 0.717) is 22.0 Å². The molecule has 122 valence electrons. The highest BCUT2D eigenvalue weighted by atomic mass is 79.9. The van der Waals surface area contributed by atoms with Crippen molar-refractivity contribution in [2.45, 2.75) is 6.92 Å². The number of nitrogens with one attached hydrogen (secondary N) is 1. The van der Waals surface area contributed by atoms with Crippen LogP contribution in [0.3, 0.4) is 0 Å². The molecule has 0 aliphatic heterocycles. The van der Waals surface area contributed by atoms with Gasteiger partial charge in [-0.25, -0.2) is 0 Å². The van der Waals surface area contributed by atoms with E-state index in [4.69, 9.17) is 16.3 Å². The average Bonchev–Trinajstić information content (AvgIpc) is 2.54. The molecule has 0 bridgehead atoms. The Balaban J connectivity index is 2.34. The zero-order valence-corrected chi connectivity index (χ0v) is 15.4. The first kappa shape index (κ1) is 18.1. The number of aryl methyl sites for hydroxylation is 1. The van der Waals surface area contributed by atoms with Crippen molar-refractivity contribution in [2.75, 3.05) is 12.4 Å². The third kappa shape index (κ3) is 4.38. The van der Waals surface area contributed by atoms with E-state index in [1.54, 1.807) is 24.3 Å². The van der Waals surface area contributed by atoms with Crippen LogP contribution in [0.5, 0.6) is 5.75 Å². The Labute approximate surface area is 153 Å². The molecule has 0 saturated heterocycles. The maximum atomic E-state index is 12.3. The van der Waals surface area contributed by atoms with E-state index in [0.717, 1.165) is 10.0 Å². The van der Waals surface area contributed by atoms with Gasteiger partial charge >= 0.3 is 0 Å². The van der Waals surface area contributed by atoms with Crippen LogP contribution < -0.4 is 10.1 Å². The SMILES string of the molecule is COc1c(Cl)cc(Br)cc1/C=C(\C#N)C(=O)Nc1ccc(C)cc1. The Morgan fingerprint density at radius 3 is 2.58 bits per heavy atom. The molecule has 0 atom stereocenters. The van der Waals surface area contributed by atoms with Gasteiger partial charge in [0.2, 0.25) is 0 Å². The highest BCUT2D eigenvalue weighted by molar-refractivity contribution is 9.10. The number of hydrogen-bond donors (Lipinski definition) is 1. The van der Waals surface area contributed by atoms with Crippen LogP contribution in [-0.2, 0) is 4.79 Å². The van der Waals surface area contributed by atoms with Gasteiger partial charge in [-0.15, -0.1) is 0 Å². The molecule has 0 fully saturated rings. The normalized spacial score (nSPS) is 10.9. The van der Waals surface area contributed by atoms with Crippen LogP contribution in [0.15, 0.2) is 46.4 Å². The summed E-state index contributed by atoms with van der Waals surface area (Å²) in [5.41, 5.74) is 2.18. The van der Waals surface area contributed by atoms with Crippen molar-refractivity contribution in [2.24, 2.45) is 0 Å². The number of nitrogens with zero attached hydrogens (tertiary/aromatic N) is 1. The van der Waals surface area contributed by atoms with Gasteiger partial charge in [-0.1, -0.05) is 45.2 Å². The van der Waals surface area contributed by atoms with Gasteiger partial charge in [0.25, 0.3) is 5.91 Å². The van der Waals surface area contributed by atoms with Crippen molar-refractivity contribution in [3.63, 3.8) is 0 Å². The minimum atomic E-state index is -0.500. The van der Waals surface area contributed by atoms with Gasteiger partial charge in [0.1, 0.15) is 17.4 Å². The van der Waals surface area contributed by atoms with Gasteiger partial charge in [-0.3, -0.25) is 4.79 Å². The first-order valence-electron chi connectivity index (χ1n) is 6.97. The van der Waals surface area contributed by atoms with Crippen molar-refractivity contribution in [1.82, 2.24) is 0 Å². The molecule has 0 radical (unpaired) electrons. The fourth-order valence-electron chi connectivity index (χ4n) is 2.04. The Hall–Kier alpha value is -2.29. The van der Waals surface area contributed by atoms with Gasteiger partial charge in [0, 0.05) is 15.7 Å². The first-order valence-corrected chi connectivity index (χ1v) is 8.14. The molecule has 2 rings (SSSR count). The number of amides is 1. The van der Waals surface area contributed by atoms with Crippen LogP contribution in [0.4, 0.5) is 5.69 Å². The van der Waals surface area contributed by atoms with Crippen LogP contribution in [0.2, 0.25) is 5.02 Å². The maximum absolute atomic E-state index is 12.3. The Morgan fingerprint density at radius 2 is 2.00 bits per heavy atom. The number of rotatable bonds is 4. The topological polar surface area (TPSA) is 62.1 Å². The number of halogens is 2. The minimum absolute atomic E-state index is 0.0527. The van der Waals surface area contributed by atoms with Crippen LogP contribution in [0.25, 0.3) is 6.08 Å². The van der Waals surface area contributed by atoms with Crippen LogP contribution in [0.1, 0.15) is 11.1 Å². The van der Waals surface area contributed by atoms with Gasteiger partial charge in [0.15, 0.2) is 0 Å². The van der Waals surface area contributed by atoms with E-state index < -0.39 is 5.91 Å². The van der Waals surface area contributed by atoms with E-state index in [2.05, 4.69) is 21.2 Å². The molecular formula is C18H14BrClN2O2. The molecule has 0 aliphatic carbocycles. The number of hydrogen-bond acceptors (Lipinski definition) is 3. The standard InChI is InChI=1S/C18H14BrClN2O2/c1-11-3-5-15(6-4-11)22-18(23)13(10-21)7-12-8-14(19)9-16(20)17(12)24-2/h3-9H,1-2H3,(H,22,23)/b13-7+. The van der Waals surface area contributed by atoms with E-state index in [1.165, 1.54) is 13.2 Å². The molecule has 0 unspecified atom stereocenters. The summed E-state index contributed by atoms with van der Waals surface area (Å²) in [7, 11) is 1.48. The molecule has 1 N–H and O–H groups in total. The monoisotopic (exact) mass is 404 g/mol. The summed E-state index contributed by atoms with van der Waals surface area (Å²) in [6.07, 6.45) is 1.44. The number of benzene rings is 2. The first-order chi connectivity index (χ1) is 11.4. The molecule has 2 aromatic rings. The average molecular weight is 406 g/mol. The smallest absolute Gasteiger partial charge is 0.266 e. The fraction of sp³-hybridized carbons (Fsp3) is 0.111. The van der Waals surface area contributed by atoms with Crippen molar-refractivity contribution >= 4 is 45.2 Å². The summed E-state index contributed by atoms with van der Waals surface area (Å²) in [6, 6.07) is 12.6. The number of anilines is 1. The lowest BCUT2D eigenvalue weighted by Gasteiger charge is -2.09. The van der Waals surface area contributed by atoms with E-state index in [1.807, 2.05) is 25.1 Å². The molecule has 0 spiro atoms. The predicted molar refractivity (Wildman–Crippen MR) is 99.1 cm³/mol. The fourth-order valence-corrected chi connectivity index (χ4v) is 2.95. The molecule has 0 aromatic heterocycles. The lowest BCUT2D eigenvalue weighted by molar-refractivity contribution is -0.112. The van der Waals surface area contributed by atoms with Crippen molar-refractivity contribution < 1.29 is 9.53 Å². The zero-order valence-electron chi connectivity index (χ0n) is 13.1. The molecule has 2 aromatic carbocycles. The van der Waals surface area contributed by atoms with Crippen LogP contribution >= 0.6 is 27.5 Å². The Bertz CT molecular complexity index is 839. The summed E-state index contributed by atoms with van der Waals surface area (Å²) < 4.78 is 5.97. The molecule has 0 aliphatic rings. The lowest BCUT2D eigenvalue weighted by Crippen LogP contribution is -2.13. The number of carbonyl (C=O) groups is 1. The zero-order chi connectivity index (χ0) is 17.7. The molecular weight excluding hydrogens is 392 g/mol. The van der Waals surface area contributed by atoms with E-state index in [-0.39, 0.29) is 5.57 Å². The molecule has 4 nitrogen and oxygen atoms in total. The second kappa shape index (κ2) is 8.00. The number of methoxy groups -OCH3 is 1. The third-order valence-electron chi connectivity index (χ3n) is 3.22. The second-order valence-corrected chi connectivity index (χ2v) is 6.32. The summed E-state index contributed by atoms with van der Waals surface area (Å²) >= 11 is 9.45. The number of nitriles is 1. The molecule has 0 heterocycles. The summed E-state index contributed by atoms with van der Waals surface area (Å²) in [6.45, 7) is 1.95. The quantitative estimate of drug-likeness (QED) is 0.577. The van der Waals surface area contributed by atoms with Crippen molar-refractivity contribution in [1.29, 1.82) is 5.26 Å². The number of carbonyl (C=O) groups excluding carboxylic acids is 1. The Kier molecular flexibility index (Phi) is 6.02. The van der Waals surface area contributed by atoms with Gasteiger partial charge < -0.3 is 10.1 Å². The summed E-state index contributed by atoms with van der Waals surface area (Å²) in [5.74, 6) is -0.102. The summed E-state index contributed by atoms with van der Waals surface area (Å²) in [4.78, 5) is 12.3. The Morgan fingerprint density at radius 1 is 1.33 bits per heavy atom. The molecule has 0 saturated carbocycles. The van der Waals surface area contributed by atoms with Crippen molar-refractivity contribution in [3.05, 3.63) is 62.6 Å².